The third kappa shape index (κ3) is 4.66. The molecule has 1 unspecified atom stereocenters. The average molecular weight is 287 g/mol. The van der Waals surface area contributed by atoms with Crippen molar-refractivity contribution in [3.05, 3.63) is 71.0 Å². The van der Waals surface area contributed by atoms with Gasteiger partial charge in [-0.25, -0.2) is 4.39 Å². The molecule has 112 valence electrons. The van der Waals surface area contributed by atoms with Gasteiger partial charge in [0.1, 0.15) is 5.82 Å². The van der Waals surface area contributed by atoms with E-state index in [1.165, 1.54) is 5.56 Å². The van der Waals surface area contributed by atoms with Crippen molar-refractivity contribution in [1.82, 2.24) is 5.32 Å². The van der Waals surface area contributed by atoms with Gasteiger partial charge in [-0.3, -0.25) is 0 Å². The molecule has 0 aliphatic rings. The molecular formula is C18H22FNO. The van der Waals surface area contributed by atoms with Crippen LogP contribution in [0.4, 0.5) is 4.39 Å². The summed E-state index contributed by atoms with van der Waals surface area (Å²) in [5.74, 6) is 0.107. The van der Waals surface area contributed by atoms with Crippen molar-refractivity contribution >= 4 is 0 Å². The normalized spacial score (nSPS) is 12.3. The number of hydrogen-bond acceptors (Lipinski definition) is 2. The Balaban J connectivity index is 1.91. The van der Waals surface area contributed by atoms with Crippen LogP contribution in [0.2, 0.25) is 0 Å². The van der Waals surface area contributed by atoms with Crippen molar-refractivity contribution in [2.75, 3.05) is 13.2 Å². The van der Waals surface area contributed by atoms with Gasteiger partial charge < -0.3 is 10.4 Å². The predicted octanol–water partition coefficient (Wildman–Crippen LogP) is 3.39. The third-order valence-electron chi connectivity index (χ3n) is 3.70. The summed E-state index contributed by atoms with van der Waals surface area (Å²) in [6.45, 7) is 3.33. The Kier molecular flexibility index (Phi) is 5.90. The SMILES string of the molecule is Cc1ccc(CNCC(CCO)c2ccccc2)cc1F. The summed E-state index contributed by atoms with van der Waals surface area (Å²) in [5.41, 5.74) is 2.82. The summed E-state index contributed by atoms with van der Waals surface area (Å²) in [5, 5.41) is 12.6. The fraction of sp³-hybridized carbons (Fsp3) is 0.333. The molecule has 2 rings (SSSR count). The molecule has 0 saturated heterocycles. The van der Waals surface area contributed by atoms with E-state index in [-0.39, 0.29) is 18.3 Å². The lowest BCUT2D eigenvalue weighted by atomic mass is 9.96. The first-order valence-corrected chi connectivity index (χ1v) is 7.32. The molecule has 0 aliphatic heterocycles. The molecule has 2 nitrogen and oxygen atoms in total. The third-order valence-corrected chi connectivity index (χ3v) is 3.70. The van der Waals surface area contributed by atoms with Crippen LogP contribution in [0.3, 0.4) is 0 Å². The molecule has 21 heavy (non-hydrogen) atoms. The van der Waals surface area contributed by atoms with Crippen LogP contribution in [-0.2, 0) is 6.54 Å². The molecular weight excluding hydrogens is 265 g/mol. The Hall–Kier alpha value is -1.71. The van der Waals surface area contributed by atoms with Crippen LogP contribution in [-0.4, -0.2) is 18.3 Å². The molecule has 0 radical (unpaired) electrons. The first kappa shape index (κ1) is 15.7. The van der Waals surface area contributed by atoms with Gasteiger partial charge in [0, 0.05) is 19.7 Å². The molecule has 2 N–H and O–H groups in total. The van der Waals surface area contributed by atoms with Gasteiger partial charge in [0.25, 0.3) is 0 Å². The van der Waals surface area contributed by atoms with E-state index >= 15 is 0 Å². The fourth-order valence-corrected chi connectivity index (χ4v) is 2.40. The van der Waals surface area contributed by atoms with Crippen molar-refractivity contribution in [2.24, 2.45) is 0 Å². The van der Waals surface area contributed by atoms with E-state index in [2.05, 4.69) is 17.4 Å². The molecule has 0 saturated carbocycles. The van der Waals surface area contributed by atoms with E-state index in [0.717, 1.165) is 18.5 Å². The number of aliphatic hydroxyl groups is 1. The fourth-order valence-electron chi connectivity index (χ4n) is 2.40. The highest BCUT2D eigenvalue weighted by molar-refractivity contribution is 5.23. The zero-order valence-electron chi connectivity index (χ0n) is 12.3. The second-order valence-electron chi connectivity index (χ2n) is 5.33. The molecule has 0 aromatic heterocycles. The molecule has 0 heterocycles. The Morgan fingerprint density at radius 2 is 1.90 bits per heavy atom. The number of aryl methyl sites for hydroxylation is 1. The Morgan fingerprint density at radius 3 is 2.57 bits per heavy atom. The number of hydrogen-bond donors (Lipinski definition) is 2. The Bertz CT molecular complexity index is 556. The van der Waals surface area contributed by atoms with Crippen molar-refractivity contribution in [3.8, 4) is 0 Å². The van der Waals surface area contributed by atoms with Crippen LogP contribution in [0, 0.1) is 12.7 Å². The van der Waals surface area contributed by atoms with Crippen LogP contribution >= 0.6 is 0 Å². The van der Waals surface area contributed by atoms with E-state index in [1.54, 1.807) is 19.1 Å². The van der Waals surface area contributed by atoms with E-state index in [9.17, 15) is 9.50 Å². The maximum Gasteiger partial charge on any atom is 0.126 e. The molecule has 0 amide bonds. The highest BCUT2D eigenvalue weighted by Gasteiger charge is 2.10. The van der Waals surface area contributed by atoms with Crippen LogP contribution in [0.25, 0.3) is 0 Å². The van der Waals surface area contributed by atoms with E-state index in [4.69, 9.17) is 0 Å². The zero-order valence-corrected chi connectivity index (χ0v) is 12.3. The minimum Gasteiger partial charge on any atom is -0.396 e. The molecule has 0 fully saturated rings. The predicted molar refractivity (Wildman–Crippen MR) is 83.7 cm³/mol. The summed E-state index contributed by atoms with van der Waals surface area (Å²) in [6, 6.07) is 15.5. The van der Waals surface area contributed by atoms with Gasteiger partial charge in [0.15, 0.2) is 0 Å². The second kappa shape index (κ2) is 7.91. The molecule has 1 atom stereocenters. The van der Waals surface area contributed by atoms with Crippen molar-refractivity contribution in [1.29, 1.82) is 0 Å². The zero-order chi connectivity index (χ0) is 15.1. The Labute approximate surface area is 125 Å². The summed E-state index contributed by atoms with van der Waals surface area (Å²) in [6.07, 6.45) is 0.722. The maximum absolute atomic E-state index is 13.5. The lowest BCUT2D eigenvalue weighted by Crippen LogP contribution is -2.22. The number of benzene rings is 2. The Morgan fingerprint density at radius 1 is 1.14 bits per heavy atom. The molecule has 0 aliphatic carbocycles. The van der Waals surface area contributed by atoms with Gasteiger partial charge in [-0.05, 0) is 42.0 Å². The topological polar surface area (TPSA) is 32.3 Å². The summed E-state index contributed by atoms with van der Waals surface area (Å²) >= 11 is 0. The minimum atomic E-state index is -0.163. The molecule has 0 bridgehead atoms. The standard InChI is InChI=1S/C18H22FNO/c1-14-7-8-15(11-18(14)19)12-20-13-17(9-10-21)16-5-3-2-4-6-16/h2-8,11,17,20-21H,9-10,12-13H2,1H3. The highest BCUT2D eigenvalue weighted by atomic mass is 19.1. The number of aliphatic hydroxyl groups excluding tert-OH is 1. The quantitative estimate of drug-likeness (QED) is 0.818. The first-order chi connectivity index (χ1) is 10.2. The minimum absolute atomic E-state index is 0.163. The molecule has 3 heteroatoms. The van der Waals surface area contributed by atoms with Crippen molar-refractivity contribution < 1.29 is 9.50 Å². The van der Waals surface area contributed by atoms with Gasteiger partial charge in [-0.1, -0.05) is 42.5 Å². The van der Waals surface area contributed by atoms with Gasteiger partial charge in [0.05, 0.1) is 0 Å². The van der Waals surface area contributed by atoms with Crippen LogP contribution < -0.4 is 5.32 Å². The number of rotatable bonds is 7. The van der Waals surface area contributed by atoms with Gasteiger partial charge in [-0.2, -0.15) is 0 Å². The van der Waals surface area contributed by atoms with Crippen LogP contribution in [0.5, 0.6) is 0 Å². The van der Waals surface area contributed by atoms with E-state index in [1.807, 2.05) is 24.3 Å². The maximum atomic E-state index is 13.5. The summed E-state index contributed by atoms with van der Waals surface area (Å²) in [7, 11) is 0. The van der Waals surface area contributed by atoms with E-state index < -0.39 is 0 Å². The molecule has 0 spiro atoms. The van der Waals surface area contributed by atoms with Crippen molar-refractivity contribution in [2.45, 2.75) is 25.8 Å². The number of nitrogens with one attached hydrogen (secondary N) is 1. The monoisotopic (exact) mass is 287 g/mol. The van der Waals surface area contributed by atoms with Crippen molar-refractivity contribution in [3.63, 3.8) is 0 Å². The largest absolute Gasteiger partial charge is 0.396 e. The van der Waals surface area contributed by atoms with Gasteiger partial charge >= 0.3 is 0 Å². The van der Waals surface area contributed by atoms with Crippen LogP contribution in [0.15, 0.2) is 48.5 Å². The smallest absolute Gasteiger partial charge is 0.126 e. The summed E-state index contributed by atoms with van der Waals surface area (Å²) < 4.78 is 13.5. The molecule has 2 aromatic carbocycles. The second-order valence-corrected chi connectivity index (χ2v) is 5.33. The van der Waals surface area contributed by atoms with E-state index in [0.29, 0.717) is 12.1 Å². The molecule has 2 aromatic rings. The average Bonchev–Trinajstić information content (AvgIpc) is 2.51. The highest BCUT2D eigenvalue weighted by Crippen LogP contribution is 2.18. The van der Waals surface area contributed by atoms with Crippen LogP contribution in [0.1, 0.15) is 29.0 Å². The van der Waals surface area contributed by atoms with Gasteiger partial charge in [-0.15, -0.1) is 0 Å². The van der Waals surface area contributed by atoms with Gasteiger partial charge in [0.2, 0.25) is 0 Å². The summed E-state index contributed by atoms with van der Waals surface area (Å²) in [4.78, 5) is 0. The lowest BCUT2D eigenvalue weighted by Gasteiger charge is -2.17. The number of halogens is 1. The lowest BCUT2D eigenvalue weighted by molar-refractivity contribution is 0.273. The first-order valence-electron chi connectivity index (χ1n) is 7.32.